The van der Waals surface area contributed by atoms with Gasteiger partial charge >= 0.3 is 0 Å². The quantitative estimate of drug-likeness (QED) is 0.793. The third-order valence-electron chi connectivity index (χ3n) is 4.41. The molecule has 2 aliphatic heterocycles. The largest absolute Gasteiger partial charge is 0.370 e. The number of piperidine rings is 1. The predicted molar refractivity (Wildman–Crippen MR) is 78.6 cm³/mol. The van der Waals surface area contributed by atoms with E-state index in [0.717, 1.165) is 12.1 Å². The molecular weight excluding hydrogens is 306 g/mol. The van der Waals surface area contributed by atoms with E-state index in [4.69, 9.17) is 16.3 Å². The number of likely N-dealkylation sites (tertiary alicyclic amines) is 1. The first-order valence-electron chi connectivity index (χ1n) is 7.25. The van der Waals surface area contributed by atoms with Gasteiger partial charge in [0.2, 0.25) is 0 Å². The number of halogens is 1. The van der Waals surface area contributed by atoms with Crippen LogP contribution in [0.1, 0.15) is 28.6 Å². The highest BCUT2D eigenvalue weighted by molar-refractivity contribution is 6.31. The first-order chi connectivity index (χ1) is 10.6. The Morgan fingerprint density at radius 1 is 1.50 bits per heavy atom. The summed E-state index contributed by atoms with van der Waals surface area (Å²) in [5.74, 6) is -0.0138. The lowest BCUT2D eigenvalue weighted by Crippen LogP contribution is -2.50. The molecule has 1 fully saturated rings. The molecule has 0 spiro atoms. The Labute approximate surface area is 132 Å². The van der Waals surface area contributed by atoms with E-state index in [1.165, 1.54) is 0 Å². The predicted octanol–water partition coefficient (Wildman–Crippen LogP) is 1.26. The van der Waals surface area contributed by atoms with Crippen LogP contribution in [0.2, 0.25) is 5.02 Å². The maximum Gasteiger partial charge on any atom is 0.270 e. The number of hydrogen-bond donors (Lipinski definition) is 0. The summed E-state index contributed by atoms with van der Waals surface area (Å²) in [6.45, 7) is 1.78. The van der Waals surface area contributed by atoms with Crippen LogP contribution in [0.25, 0.3) is 0 Å². The van der Waals surface area contributed by atoms with Crippen molar-refractivity contribution in [3.63, 3.8) is 0 Å². The molecule has 1 saturated heterocycles. The van der Waals surface area contributed by atoms with Crippen molar-refractivity contribution in [2.45, 2.75) is 25.2 Å². The molecule has 4 heterocycles. The molecule has 116 valence electrons. The molecule has 0 saturated carbocycles. The molecule has 2 aromatic rings. The van der Waals surface area contributed by atoms with Crippen molar-refractivity contribution in [2.75, 3.05) is 13.1 Å². The fraction of sp³-hybridized carbons (Fsp3) is 0.500. The number of hydrogen-bond acceptors (Lipinski definition) is 4. The van der Waals surface area contributed by atoms with Gasteiger partial charge in [0.25, 0.3) is 5.91 Å². The fourth-order valence-corrected chi connectivity index (χ4v) is 3.51. The highest BCUT2D eigenvalue weighted by Crippen LogP contribution is 2.30. The highest BCUT2D eigenvalue weighted by Gasteiger charge is 2.38. The molecule has 8 heteroatoms. The van der Waals surface area contributed by atoms with Crippen molar-refractivity contribution in [3.8, 4) is 0 Å². The van der Waals surface area contributed by atoms with Gasteiger partial charge < -0.3 is 14.2 Å². The third-order valence-corrected chi connectivity index (χ3v) is 4.61. The van der Waals surface area contributed by atoms with E-state index in [1.807, 2.05) is 16.6 Å². The second-order valence-electron chi connectivity index (χ2n) is 5.78. The molecule has 0 radical (unpaired) electrons. The summed E-state index contributed by atoms with van der Waals surface area (Å²) in [6, 6.07) is 1.73. The molecule has 22 heavy (non-hydrogen) atoms. The van der Waals surface area contributed by atoms with E-state index in [9.17, 15) is 4.79 Å². The van der Waals surface area contributed by atoms with Crippen LogP contribution in [-0.4, -0.2) is 49.6 Å². The minimum Gasteiger partial charge on any atom is -0.370 e. The molecule has 2 aromatic heterocycles. The van der Waals surface area contributed by atoms with Gasteiger partial charge in [-0.15, -0.1) is 5.10 Å². The SMILES string of the molecule is Cn1cc(Cl)cc1C(=O)N1CC[C@@H]2OCc3cnnn3[C@@H]2C1. The van der Waals surface area contributed by atoms with E-state index < -0.39 is 0 Å². The number of aromatic nitrogens is 4. The van der Waals surface area contributed by atoms with Crippen LogP contribution in [0.5, 0.6) is 0 Å². The van der Waals surface area contributed by atoms with Crippen molar-refractivity contribution >= 4 is 17.5 Å². The molecule has 0 bridgehead atoms. The zero-order valence-electron chi connectivity index (χ0n) is 12.1. The van der Waals surface area contributed by atoms with Crippen LogP contribution < -0.4 is 0 Å². The van der Waals surface area contributed by atoms with E-state index in [0.29, 0.717) is 30.4 Å². The zero-order valence-corrected chi connectivity index (χ0v) is 12.9. The van der Waals surface area contributed by atoms with Crippen LogP contribution in [-0.2, 0) is 18.4 Å². The maximum atomic E-state index is 12.7. The summed E-state index contributed by atoms with van der Waals surface area (Å²) in [5, 5.41) is 8.67. The molecule has 0 N–H and O–H groups in total. The number of nitrogens with zero attached hydrogens (tertiary/aromatic N) is 5. The highest BCUT2D eigenvalue weighted by atomic mass is 35.5. The normalized spacial score (nSPS) is 24.0. The first-order valence-corrected chi connectivity index (χ1v) is 7.63. The van der Waals surface area contributed by atoms with Crippen LogP contribution in [0.3, 0.4) is 0 Å². The fourth-order valence-electron chi connectivity index (χ4n) is 3.26. The first kappa shape index (κ1) is 13.8. The van der Waals surface area contributed by atoms with Gasteiger partial charge in [0.15, 0.2) is 0 Å². The number of carbonyl (C=O) groups is 1. The Morgan fingerprint density at radius 2 is 2.36 bits per heavy atom. The third kappa shape index (κ3) is 2.12. The summed E-state index contributed by atoms with van der Waals surface area (Å²) in [4.78, 5) is 14.6. The summed E-state index contributed by atoms with van der Waals surface area (Å²) in [5.41, 5.74) is 1.55. The number of amides is 1. The van der Waals surface area contributed by atoms with Gasteiger partial charge in [0.05, 0.1) is 35.7 Å². The lowest BCUT2D eigenvalue weighted by atomic mass is 10.00. The molecule has 7 nitrogen and oxygen atoms in total. The standard InChI is InChI=1S/C14H16ClN5O2/c1-18-6-9(15)4-11(18)14(21)19-3-2-13-12(7-19)20-10(8-22-13)5-16-17-20/h4-6,12-13H,2-3,7-8H2,1H3/t12-,13+/m1/s1. The van der Waals surface area contributed by atoms with Crippen molar-refractivity contribution in [2.24, 2.45) is 7.05 Å². The van der Waals surface area contributed by atoms with Gasteiger partial charge in [-0.25, -0.2) is 4.68 Å². The Kier molecular flexibility index (Phi) is 3.19. The molecule has 2 aliphatic rings. The minimum atomic E-state index is -0.0138. The number of fused-ring (bicyclic) bond motifs is 3. The van der Waals surface area contributed by atoms with Gasteiger partial charge in [-0.3, -0.25) is 4.79 Å². The van der Waals surface area contributed by atoms with Crippen molar-refractivity contribution < 1.29 is 9.53 Å². The average Bonchev–Trinajstić information content (AvgIpc) is 3.12. The Morgan fingerprint density at radius 3 is 3.14 bits per heavy atom. The smallest absolute Gasteiger partial charge is 0.270 e. The second-order valence-corrected chi connectivity index (χ2v) is 6.22. The molecule has 2 atom stereocenters. The van der Waals surface area contributed by atoms with Crippen molar-refractivity contribution in [1.82, 2.24) is 24.5 Å². The van der Waals surface area contributed by atoms with Crippen LogP contribution in [0, 0.1) is 0 Å². The van der Waals surface area contributed by atoms with Crippen molar-refractivity contribution in [1.29, 1.82) is 0 Å². The molecule has 0 unspecified atom stereocenters. The Hall–Kier alpha value is -1.86. The van der Waals surface area contributed by atoms with Crippen LogP contribution in [0.4, 0.5) is 0 Å². The topological polar surface area (TPSA) is 65.2 Å². The van der Waals surface area contributed by atoms with Crippen molar-refractivity contribution in [3.05, 3.63) is 34.9 Å². The number of rotatable bonds is 1. The lowest BCUT2D eigenvalue weighted by molar-refractivity contribution is -0.0606. The molecule has 0 aliphatic carbocycles. The van der Waals surface area contributed by atoms with Gasteiger partial charge in [0, 0.05) is 26.3 Å². The number of aryl methyl sites for hydroxylation is 1. The molecule has 0 aromatic carbocycles. The molecular formula is C14H16ClN5O2. The Bertz CT molecular complexity index is 725. The summed E-state index contributed by atoms with van der Waals surface area (Å²) in [7, 11) is 1.82. The second kappa shape index (κ2) is 5.10. The monoisotopic (exact) mass is 321 g/mol. The van der Waals surface area contributed by atoms with Gasteiger partial charge in [-0.05, 0) is 12.5 Å². The summed E-state index contributed by atoms with van der Waals surface area (Å²) >= 11 is 5.98. The molecule has 4 rings (SSSR count). The van der Waals surface area contributed by atoms with E-state index in [-0.39, 0.29) is 18.1 Å². The zero-order chi connectivity index (χ0) is 15.3. The van der Waals surface area contributed by atoms with Gasteiger partial charge in [-0.1, -0.05) is 16.8 Å². The van der Waals surface area contributed by atoms with Crippen LogP contribution in [0.15, 0.2) is 18.5 Å². The Balaban J connectivity index is 1.59. The van der Waals surface area contributed by atoms with E-state index in [2.05, 4.69) is 10.3 Å². The summed E-state index contributed by atoms with van der Waals surface area (Å²) in [6.07, 6.45) is 4.35. The maximum absolute atomic E-state index is 12.7. The average molecular weight is 322 g/mol. The number of ether oxygens (including phenoxy) is 1. The van der Waals surface area contributed by atoms with Gasteiger partial charge in [-0.2, -0.15) is 0 Å². The van der Waals surface area contributed by atoms with Crippen LogP contribution >= 0.6 is 11.6 Å². The van der Waals surface area contributed by atoms with E-state index >= 15 is 0 Å². The number of carbonyl (C=O) groups excluding carboxylic acids is 1. The summed E-state index contributed by atoms with van der Waals surface area (Å²) < 4.78 is 9.52. The van der Waals surface area contributed by atoms with E-state index in [1.54, 1.807) is 23.0 Å². The lowest BCUT2D eigenvalue weighted by Gasteiger charge is -2.40. The minimum absolute atomic E-state index is 0.0138. The molecule has 1 amide bonds. The van der Waals surface area contributed by atoms with Gasteiger partial charge in [0.1, 0.15) is 5.69 Å².